The molecule has 4 rings (SSSR count). The zero-order valence-corrected chi connectivity index (χ0v) is 36.5. The Labute approximate surface area is 370 Å². The van der Waals surface area contributed by atoms with Gasteiger partial charge in [0.1, 0.15) is 48.1 Å². The third-order valence-corrected chi connectivity index (χ3v) is 11.4. The zero-order valence-electron chi connectivity index (χ0n) is 36.5. The molecular formula is C46H71N5O12. The molecule has 17 heteroatoms. The Morgan fingerprint density at radius 3 is 1.49 bits per heavy atom. The van der Waals surface area contributed by atoms with Crippen LogP contribution < -0.4 is 10.6 Å². The molecule has 63 heavy (non-hydrogen) atoms. The van der Waals surface area contributed by atoms with Crippen LogP contribution in [0.1, 0.15) is 51.8 Å². The van der Waals surface area contributed by atoms with Crippen molar-refractivity contribution in [2.75, 3.05) is 59.0 Å². The number of aliphatic hydroxyl groups is 10. The number of phenolic OH excluding ortho intramolecular Hbond substituents is 2. The number of rotatable bonds is 22. The Bertz CT molecular complexity index is 1830. The smallest absolute Gasteiger partial charge is 0.125 e. The van der Waals surface area contributed by atoms with E-state index in [9.17, 15) is 51.1 Å². The highest BCUT2D eigenvalue weighted by molar-refractivity contribution is 5.44. The summed E-state index contributed by atoms with van der Waals surface area (Å²) >= 11 is 0. The fourth-order valence-electron chi connectivity index (χ4n) is 7.83. The van der Waals surface area contributed by atoms with Gasteiger partial charge in [0.15, 0.2) is 0 Å². The summed E-state index contributed by atoms with van der Waals surface area (Å²) in [5.41, 5.74) is 5.65. The number of aryl methyl sites for hydroxylation is 2. The zero-order chi connectivity index (χ0) is 46.1. The molecule has 0 radical (unpaired) electrons. The Morgan fingerprint density at radius 1 is 0.540 bits per heavy atom. The molecule has 1 aliphatic heterocycles. The van der Waals surface area contributed by atoms with Gasteiger partial charge in [-0.05, 0) is 45.0 Å². The summed E-state index contributed by atoms with van der Waals surface area (Å²) in [7, 11) is 0. The molecule has 0 amide bonds. The second-order valence-electron chi connectivity index (χ2n) is 16.8. The van der Waals surface area contributed by atoms with Crippen molar-refractivity contribution < 1.29 is 61.3 Å². The van der Waals surface area contributed by atoms with Crippen LogP contribution in [0.5, 0.6) is 11.5 Å². The first kappa shape index (κ1) is 51.9. The molecule has 352 valence electrons. The Hall–Kier alpha value is -3.76. The van der Waals surface area contributed by atoms with Crippen molar-refractivity contribution in [3.63, 3.8) is 0 Å². The molecule has 17 nitrogen and oxygen atoms in total. The molecule has 8 atom stereocenters. The Morgan fingerprint density at radius 2 is 0.984 bits per heavy atom. The topological polar surface area (TPSA) is 277 Å². The van der Waals surface area contributed by atoms with Crippen LogP contribution in [0.2, 0.25) is 0 Å². The minimum atomic E-state index is -1.74. The summed E-state index contributed by atoms with van der Waals surface area (Å²) in [4.78, 5) is 6.88. The van der Waals surface area contributed by atoms with Gasteiger partial charge < -0.3 is 76.8 Å². The van der Waals surface area contributed by atoms with E-state index in [1.54, 1.807) is 0 Å². The first-order chi connectivity index (χ1) is 30.1. The number of benzene rings is 3. The van der Waals surface area contributed by atoms with Gasteiger partial charge in [-0.1, -0.05) is 71.8 Å². The quantitative estimate of drug-likeness (QED) is 0.0569. The van der Waals surface area contributed by atoms with Gasteiger partial charge in [-0.15, -0.1) is 0 Å². The lowest BCUT2D eigenvalue weighted by Gasteiger charge is -2.29. The van der Waals surface area contributed by atoms with Gasteiger partial charge in [-0.2, -0.15) is 0 Å². The average molecular weight is 886 g/mol. The van der Waals surface area contributed by atoms with E-state index in [0.717, 1.165) is 55.7 Å². The first-order valence-corrected chi connectivity index (χ1v) is 21.7. The normalized spacial score (nSPS) is 19.3. The molecule has 0 fully saturated rings. The number of nitrogens with one attached hydrogen (secondary N) is 2. The number of hydrogen-bond donors (Lipinski definition) is 14. The molecule has 3 aromatic rings. The highest BCUT2D eigenvalue weighted by Crippen LogP contribution is 2.28. The van der Waals surface area contributed by atoms with Crippen molar-refractivity contribution in [1.82, 2.24) is 25.3 Å². The predicted octanol–water partition coefficient (Wildman–Crippen LogP) is -1.12. The number of aromatic hydroxyl groups is 2. The number of aliphatic hydroxyl groups excluding tert-OH is 10. The van der Waals surface area contributed by atoms with Crippen molar-refractivity contribution in [3.8, 4) is 11.5 Å². The minimum Gasteiger partial charge on any atom is -0.507 e. The van der Waals surface area contributed by atoms with Crippen LogP contribution in [0.25, 0.3) is 0 Å². The maximum Gasteiger partial charge on any atom is 0.125 e. The number of phenols is 2. The highest BCUT2D eigenvalue weighted by atomic mass is 16.4. The van der Waals surface area contributed by atoms with Gasteiger partial charge in [0.25, 0.3) is 0 Å². The van der Waals surface area contributed by atoms with E-state index >= 15 is 0 Å². The van der Waals surface area contributed by atoms with Gasteiger partial charge in [0.05, 0.1) is 25.4 Å². The monoisotopic (exact) mass is 886 g/mol. The second kappa shape index (κ2) is 26.3. The third kappa shape index (κ3) is 16.3. The fraction of sp³-hybridized carbons (Fsp3) is 0.565. The van der Waals surface area contributed by atoms with Crippen molar-refractivity contribution in [2.45, 2.75) is 108 Å². The molecule has 0 spiro atoms. The number of hydrogen-bond acceptors (Lipinski definition) is 17. The summed E-state index contributed by atoms with van der Waals surface area (Å²) in [6.07, 6.45) is -7.09. The maximum absolute atomic E-state index is 11.5. The largest absolute Gasteiger partial charge is 0.507 e. The van der Waals surface area contributed by atoms with Crippen LogP contribution in [0.15, 0.2) is 66.9 Å². The molecular weight excluding hydrogens is 815 g/mol. The van der Waals surface area contributed by atoms with E-state index in [1.165, 1.54) is 5.56 Å². The molecule has 0 aromatic heterocycles. The molecule has 0 aliphatic carbocycles. The first-order valence-electron chi connectivity index (χ1n) is 21.7. The lowest BCUT2D eigenvalue weighted by atomic mass is 10.0. The summed E-state index contributed by atoms with van der Waals surface area (Å²) in [6.45, 7) is 7.67. The van der Waals surface area contributed by atoms with E-state index in [0.29, 0.717) is 42.9 Å². The van der Waals surface area contributed by atoms with Crippen LogP contribution >= 0.6 is 0 Å². The van der Waals surface area contributed by atoms with Crippen LogP contribution in [-0.4, -0.2) is 184 Å². The summed E-state index contributed by atoms with van der Waals surface area (Å²) < 4.78 is 0. The summed E-state index contributed by atoms with van der Waals surface area (Å²) in [5, 5.41) is 127. The van der Waals surface area contributed by atoms with Crippen molar-refractivity contribution in [2.24, 2.45) is 0 Å². The van der Waals surface area contributed by atoms with Gasteiger partial charge in [0.2, 0.25) is 0 Å². The SMILES string of the molecule is Cc1cc(CNCC(O)C(O)C(O)C(O)CO)c(O)c(CN2/C=C\CN(Cc3cc(C)cc(CNCC(O)C(O)C(O)C(O)CO)c3O)CCCN(Cc3ccccc3)CCC2)c1. The van der Waals surface area contributed by atoms with Gasteiger partial charge in [0, 0.05) is 94.2 Å². The van der Waals surface area contributed by atoms with E-state index in [4.69, 9.17) is 10.2 Å². The molecule has 14 N–H and O–H groups in total. The number of nitrogens with zero attached hydrogens (tertiary/aromatic N) is 3. The molecule has 0 saturated heterocycles. The van der Waals surface area contributed by atoms with Crippen LogP contribution in [0, 0.1) is 13.8 Å². The molecule has 8 unspecified atom stereocenters. The lowest BCUT2D eigenvalue weighted by molar-refractivity contribution is -0.114. The average Bonchev–Trinajstić information content (AvgIpc) is 3.26. The highest BCUT2D eigenvalue weighted by Gasteiger charge is 2.31. The fourth-order valence-corrected chi connectivity index (χ4v) is 7.83. The second-order valence-corrected chi connectivity index (χ2v) is 16.8. The van der Waals surface area contributed by atoms with E-state index in [2.05, 4.69) is 43.5 Å². The van der Waals surface area contributed by atoms with Gasteiger partial charge >= 0.3 is 0 Å². The van der Waals surface area contributed by atoms with Gasteiger partial charge in [-0.25, -0.2) is 0 Å². The van der Waals surface area contributed by atoms with Crippen LogP contribution in [0.4, 0.5) is 0 Å². The van der Waals surface area contributed by atoms with Crippen molar-refractivity contribution in [1.29, 1.82) is 0 Å². The van der Waals surface area contributed by atoms with Crippen molar-refractivity contribution in [3.05, 3.63) is 106 Å². The molecule has 0 saturated carbocycles. The maximum atomic E-state index is 11.5. The predicted molar refractivity (Wildman–Crippen MR) is 237 cm³/mol. The van der Waals surface area contributed by atoms with Crippen LogP contribution in [0.3, 0.4) is 0 Å². The lowest BCUT2D eigenvalue weighted by Crippen LogP contribution is -2.48. The molecule has 3 aromatic carbocycles. The molecule has 1 heterocycles. The van der Waals surface area contributed by atoms with Crippen LogP contribution in [-0.2, 0) is 32.7 Å². The molecule has 0 bridgehead atoms. The standard InChI is InChI=1S/C46H71N5O12/c1-30-17-33(21-47-23-37(54)43(60)45(62)39(56)28-52)41(58)35(19-30)26-50-13-6-11-49(25-32-9-4-3-5-10-32)12-7-14-51(16-8-15-50)27-36-20-31(2)18-34(42(36)59)22-48-24-38(55)44(61)46(63)40(57)29-53/h3-5,8-10,15,17-20,37-40,43-48,52-63H,6-7,11-14,16,21-29H2,1-2H3/b15-8-. The van der Waals surface area contributed by atoms with E-state index in [1.807, 2.05) is 62.5 Å². The third-order valence-electron chi connectivity index (χ3n) is 11.4. The molecule has 1 aliphatic rings. The van der Waals surface area contributed by atoms with E-state index < -0.39 is 62.0 Å². The Kier molecular flexibility index (Phi) is 21.6. The Balaban J connectivity index is 1.49. The van der Waals surface area contributed by atoms with E-state index in [-0.39, 0.29) is 37.7 Å². The minimum absolute atomic E-state index is 0.0923. The summed E-state index contributed by atoms with van der Waals surface area (Å²) in [6, 6.07) is 17.9. The van der Waals surface area contributed by atoms with Gasteiger partial charge in [-0.3, -0.25) is 9.80 Å². The summed E-state index contributed by atoms with van der Waals surface area (Å²) in [5.74, 6) is 0.194. The van der Waals surface area contributed by atoms with Crippen molar-refractivity contribution >= 4 is 0 Å².